The van der Waals surface area contributed by atoms with Crippen LogP contribution in [0, 0.1) is 24.1 Å². The molecule has 42 heavy (non-hydrogen) atoms. The first-order valence-corrected chi connectivity index (χ1v) is 13.2. The minimum Gasteiger partial charge on any atom is -0.383 e. The minimum atomic E-state index is -2.92. The zero-order chi connectivity index (χ0) is 30.2. The van der Waals surface area contributed by atoms with Gasteiger partial charge in [-0.15, -0.1) is 0 Å². The molecule has 1 aliphatic carbocycles. The van der Waals surface area contributed by atoms with Crippen molar-refractivity contribution in [3.63, 3.8) is 0 Å². The summed E-state index contributed by atoms with van der Waals surface area (Å²) in [5, 5.41) is 22.5. The second-order valence-electron chi connectivity index (χ2n) is 10.4. The molecule has 216 valence electrons. The van der Waals surface area contributed by atoms with Crippen molar-refractivity contribution >= 4 is 29.2 Å². The van der Waals surface area contributed by atoms with E-state index >= 15 is 0 Å². The number of halogens is 3. The number of hydrogen-bond donors (Lipinski definition) is 2. The third-order valence-corrected chi connectivity index (χ3v) is 7.44. The van der Waals surface area contributed by atoms with E-state index in [1.165, 1.54) is 30.5 Å². The fourth-order valence-electron chi connectivity index (χ4n) is 5.36. The van der Waals surface area contributed by atoms with E-state index in [4.69, 9.17) is 0 Å². The first-order valence-electron chi connectivity index (χ1n) is 13.2. The van der Waals surface area contributed by atoms with E-state index < -0.39 is 66.5 Å². The topological polar surface area (TPSA) is 127 Å². The van der Waals surface area contributed by atoms with Gasteiger partial charge in [-0.1, -0.05) is 30.3 Å². The Bertz CT molecular complexity index is 1580. The van der Waals surface area contributed by atoms with Crippen LogP contribution < -0.4 is 15.1 Å². The van der Waals surface area contributed by atoms with Gasteiger partial charge in [0.25, 0.3) is 17.7 Å². The lowest BCUT2D eigenvalue weighted by Crippen LogP contribution is -2.56. The molecule has 2 heterocycles. The highest BCUT2D eigenvalue weighted by Gasteiger charge is 2.50. The molecule has 1 saturated carbocycles. The normalized spacial score (nSPS) is 20.4. The number of nitrogens with zero attached hydrogens (tertiary/aromatic N) is 4. The average Bonchev–Trinajstić information content (AvgIpc) is 3.24. The Hall–Kier alpha value is -4.76. The minimum absolute atomic E-state index is 0.0325. The summed E-state index contributed by atoms with van der Waals surface area (Å²) in [7, 11) is 0. The molecule has 5 rings (SSSR count). The lowest BCUT2D eigenvalue weighted by atomic mass is 9.87. The van der Waals surface area contributed by atoms with Crippen LogP contribution in [0.4, 0.5) is 24.7 Å². The monoisotopic (exact) mass is 577 g/mol. The number of carbonyl (C=O) groups excluding carboxylic acids is 3. The summed E-state index contributed by atoms with van der Waals surface area (Å²) in [6.45, 7) is 1.70. The second-order valence-corrected chi connectivity index (χ2v) is 10.4. The number of aliphatic hydroxyl groups excluding tert-OH is 1. The predicted octanol–water partition coefficient (Wildman–Crippen LogP) is 3.56. The summed E-state index contributed by atoms with van der Waals surface area (Å²) in [6.07, 6.45) is -1.82. The van der Waals surface area contributed by atoms with Crippen LogP contribution in [-0.4, -0.2) is 51.9 Å². The maximum atomic E-state index is 14.6. The summed E-state index contributed by atoms with van der Waals surface area (Å²) >= 11 is 0. The molecule has 2 aromatic carbocycles. The Morgan fingerprint density at radius 3 is 2.57 bits per heavy atom. The first-order chi connectivity index (χ1) is 20.0. The maximum Gasteiger partial charge on any atom is 0.257 e. The van der Waals surface area contributed by atoms with Crippen LogP contribution in [0.3, 0.4) is 0 Å². The number of benzene rings is 2. The van der Waals surface area contributed by atoms with Crippen molar-refractivity contribution in [3.05, 3.63) is 89.4 Å². The first kappa shape index (κ1) is 28.8. The largest absolute Gasteiger partial charge is 0.383 e. The summed E-state index contributed by atoms with van der Waals surface area (Å²) < 4.78 is 41.8. The number of aryl methyl sites for hydroxylation is 1. The third-order valence-electron chi connectivity index (χ3n) is 7.44. The van der Waals surface area contributed by atoms with Crippen molar-refractivity contribution < 1.29 is 32.7 Å². The van der Waals surface area contributed by atoms with Crippen LogP contribution in [0.5, 0.6) is 0 Å². The Labute approximate surface area is 239 Å². The number of carbonyl (C=O) groups is 3. The Kier molecular flexibility index (Phi) is 7.71. The molecule has 0 spiro atoms. The SMILES string of the molecule is Cc1ccccc1C(C(=O)NC1CC(F)(F)C1)N(C(=O)C1CC(O)C(=O)N1c1cc(C#N)ccn1)c1cccc(F)c1. The van der Waals surface area contributed by atoms with E-state index in [1.807, 2.05) is 6.07 Å². The quantitative estimate of drug-likeness (QED) is 0.442. The number of rotatable bonds is 7. The van der Waals surface area contributed by atoms with Crippen molar-refractivity contribution in [3.8, 4) is 6.07 Å². The number of anilines is 2. The van der Waals surface area contributed by atoms with Gasteiger partial charge < -0.3 is 10.4 Å². The van der Waals surface area contributed by atoms with Gasteiger partial charge >= 0.3 is 0 Å². The van der Waals surface area contributed by atoms with E-state index in [0.717, 1.165) is 21.9 Å². The van der Waals surface area contributed by atoms with E-state index in [2.05, 4.69) is 10.3 Å². The molecular formula is C30H26F3N5O4. The second kappa shape index (κ2) is 11.3. The van der Waals surface area contributed by atoms with E-state index in [-0.39, 0.29) is 23.5 Å². The van der Waals surface area contributed by atoms with Crippen LogP contribution in [0.1, 0.15) is 42.0 Å². The standard InChI is InChI=1S/C30H26F3N5O4/c1-17-5-2-3-8-22(17)26(27(40)36-20-14-30(32,33)15-20)37(21-7-4-6-19(31)12-21)28(41)23-13-24(39)29(42)38(23)25-11-18(16-34)9-10-35-25/h2-12,20,23-24,26,39H,13-15H2,1H3,(H,36,40). The zero-order valence-corrected chi connectivity index (χ0v) is 22.4. The summed E-state index contributed by atoms with van der Waals surface area (Å²) in [5.41, 5.74) is 1.06. The lowest BCUT2D eigenvalue weighted by Gasteiger charge is -2.39. The molecule has 12 heteroatoms. The zero-order valence-electron chi connectivity index (χ0n) is 22.4. The van der Waals surface area contributed by atoms with Gasteiger partial charge in [-0.2, -0.15) is 5.26 Å². The molecule has 2 aliphatic rings. The Morgan fingerprint density at radius 2 is 1.90 bits per heavy atom. The van der Waals surface area contributed by atoms with Gasteiger partial charge in [0.05, 0.1) is 11.6 Å². The number of hydrogen-bond acceptors (Lipinski definition) is 6. The number of amides is 3. The third kappa shape index (κ3) is 5.56. The number of alkyl halides is 2. The van der Waals surface area contributed by atoms with Gasteiger partial charge in [-0.25, -0.2) is 18.2 Å². The average molecular weight is 578 g/mol. The van der Waals surface area contributed by atoms with Crippen LogP contribution in [0.25, 0.3) is 0 Å². The van der Waals surface area contributed by atoms with Gasteiger partial charge in [0.15, 0.2) is 0 Å². The van der Waals surface area contributed by atoms with Crippen LogP contribution in [-0.2, 0) is 14.4 Å². The molecule has 1 aromatic heterocycles. The molecule has 2 N–H and O–H groups in total. The number of aliphatic hydroxyl groups is 1. The van der Waals surface area contributed by atoms with Crippen molar-refractivity contribution in [2.45, 2.75) is 56.3 Å². The van der Waals surface area contributed by atoms with Gasteiger partial charge in [-0.3, -0.25) is 24.2 Å². The maximum absolute atomic E-state index is 14.6. The molecule has 0 radical (unpaired) electrons. The highest BCUT2D eigenvalue weighted by molar-refractivity contribution is 6.12. The molecule has 2 fully saturated rings. The van der Waals surface area contributed by atoms with Crippen LogP contribution in [0.15, 0.2) is 66.9 Å². The smallest absolute Gasteiger partial charge is 0.257 e. The summed E-state index contributed by atoms with van der Waals surface area (Å²) in [6, 6.07) is 12.5. The highest BCUT2D eigenvalue weighted by Crippen LogP contribution is 2.39. The number of aromatic nitrogens is 1. The molecule has 0 bridgehead atoms. The van der Waals surface area contributed by atoms with E-state index in [9.17, 15) is 37.9 Å². The Morgan fingerprint density at radius 1 is 1.17 bits per heavy atom. The fraction of sp³-hybridized carbons (Fsp3) is 0.300. The van der Waals surface area contributed by atoms with Crippen molar-refractivity contribution in [2.75, 3.05) is 9.80 Å². The molecule has 3 unspecified atom stereocenters. The highest BCUT2D eigenvalue weighted by atomic mass is 19.3. The molecule has 1 saturated heterocycles. The van der Waals surface area contributed by atoms with Gasteiger partial charge in [0, 0.05) is 37.2 Å². The van der Waals surface area contributed by atoms with E-state index in [0.29, 0.717) is 11.1 Å². The summed E-state index contributed by atoms with van der Waals surface area (Å²) in [5.74, 6) is -6.17. The number of nitrogens with one attached hydrogen (secondary N) is 1. The number of nitriles is 1. The van der Waals surface area contributed by atoms with Crippen molar-refractivity contribution in [2.24, 2.45) is 0 Å². The van der Waals surface area contributed by atoms with Crippen LogP contribution in [0.2, 0.25) is 0 Å². The molecule has 3 amide bonds. The molecule has 3 atom stereocenters. The van der Waals surface area contributed by atoms with Crippen molar-refractivity contribution in [1.29, 1.82) is 5.26 Å². The van der Waals surface area contributed by atoms with Gasteiger partial charge in [0.2, 0.25) is 5.91 Å². The molecule has 9 nitrogen and oxygen atoms in total. The molecule has 1 aliphatic heterocycles. The van der Waals surface area contributed by atoms with E-state index in [1.54, 1.807) is 31.2 Å². The predicted molar refractivity (Wildman–Crippen MR) is 145 cm³/mol. The Balaban J connectivity index is 1.63. The van der Waals surface area contributed by atoms with Crippen molar-refractivity contribution in [1.82, 2.24) is 10.3 Å². The van der Waals surface area contributed by atoms with Gasteiger partial charge in [0.1, 0.15) is 29.8 Å². The molecule has 3 aromatic rings. The summed E-state index contributed by atoms with van der Waals surface area (Å²) in [4.78, 5) is 47.6. The van der Waals surface area contributed by atoms with Gasteiger partial charge in [-0.05, 0) is 48.4 Å². The number of pyridine rings is 1. The lowest BCUT2D eigenvalue weighted by molar-refractivity contribution is -0.133. The fourth-order valence-corrected chi connectivity index (χ4v) is 5.36. The van der Waals surface area contributed by atoms with Crippen LogP contribution >= 0.6 is 0 Å². The molecular weight excluding hydrogens is 551 g/mol.